The number of anilines is 1. The van der Waals surface area contributed by atoms with E-state index in [0.717, 1.165) is 31.7 Å². The summed E-state index contributed by atoms with van der Waals surface area (Å²) < 4.78 is 0. The van der Waals surface area contributed by atoms with Crippen LogP contribution in [-0.2, 0) is 4.79 Å². The maximum atomic E-state index is 11.4. The molecule has 2 heterocycles. The van der Waals surface area contributed by atoms with Crippen molar-refractivity contribution in [2.75, 3.05) is 24.5 Å². The lowest BCUT2D eigenvalue weighted by Gasteiger charge is -2.23. The Morgan fingerprint density at radius 1 is 1.47 bits per heavy atom. The van der Waals surface area contributed by atoms with Gasteiger partial charge in [0.15, 0.2) is 0 Å². The van der Waals surface area contributed by atoms with Crippen molar-refractivity contribution in [1.29, 1.82) is 5.26 Å². The summed E-state index contributed by atoms with van der Waals surface area (Å²) >= 11 is 6.07. The summed E-state index contributed by atoms with van der Waals surface area (Å²) in [7, 11) is 0. The summed E-state index contributed by atoms with van der Waals surface area (Å²) in [6, 6.07) is 7.57. The fourth-order valence-corrected chi connectivity index (χ4v) is 3.20. The van der Waals surface area contributed by atoms with Gasteiger partial charge in [-0.2, -0.15) is 5.26 Å². The Balaban J connectivity index is 1.80. The third kappa shape index (κ3) is 2.15. The van der Waals surface area contributed by atoms with Crippen molar-refractivity contribution < 1.29 is 4.79 Å². The Labute approximate surface area is 117 Å². The molecule has 98 valence electrons. The lowest BCUT2D eigenvalue weighted by atomic mass is 9.86. The van der Waals surface area contributed by atoms with Crippen LogP contribution in [0.25, 0.3) is 0 Å². The Morgan fingerprint density at radius 3 is 2.95 bits per heavy atom. The van der Waals surface area contributed by atoms with E-state index in [9.17, 15) is 4.79 Å². The van der Waals surface area contributed by atoms with Gasteiger partial charge in [-0.1, -0.05) is 11.6 Å². The van der Waals surface area contributed by atoms with E-state index in [1.54, 1.807) is 6.07 Å². The van der Waals surface area contributed by atoms with Gasteiger partial charge in [0.1, 0.15) is 6.07 Å². The molecule has 2 saturated heterocycles. The second kappa shape index (κ2) is 4.43. The van der Waals surface area contributed by atoms with Crippen molar-refractivity contribution >= 4 is 23.2 Å². The van der Waals surface area contributed by atoms with E-state index in [0.29, 0.717) is 17.0 Å². The van der Waals surface area contributed by atoms with E-state index in [1.165, 1.54) is 0 Å². The molecule has 0 aliphatic carbocycles. The predicted octanol–water partition coefficient (Wildman–Crippen LogP) is 1.93. The molecule has 1 atom stereocenters. The summed E-state index contributed by atoms with van der Waals surface area (Å²) in [5.74, 6) is 0.153. The van der Waals surface area contributed by atoms with Crippen LogP contribution in [0, 0.1) is 16.7 Å². The number of carbonyl (C=O) groups is 1. The first-order chi connectivity index (χ1) is 9.12. The van der Waals surface area contributed by atoms with Crippen molar-refractivity contribution in [1.82, 2.24) is 5.32 Å². The van der Waals surface area contributed by atoms with Crippen LogP contribution in [0.5, 0.6) is 0 Å². The molecule has 2 aliphatic rings. The first-order valence-electron chi connectivity index (χ1n) is 6.33. The fourth-order valence-electron chi connectivity index (χ4n) is 2.99. The molecular formula is C14H14ClN3O. The van der Waals surface area contributed by atoms with Crippen molar-refractivity contribution in [2.24, 2.45) is 5.41 Å². The molecule has 0 unspecified atom stereocenters. The lowest BCUT2D eigenvalue weighted by Crippen LogP contribution is -2.29. The van der Waals surface area contributed by atoms with Gasteiger partial charge in [0, 0.05) is 37.2 Å². The van der Waals surface area contributed by atoms with E-state index in [2.05, 4.69) is 16.3 Å². The van der Waals surface area contributed by atoms with Crippen LogP contribution in [0.3, 0.4) is 0 Å². The second-order valence-corrected chi connectivity index (χ2v) is 5.81. The molecule has 1 aromatic carbocycles. The Morgan fingerprint density at radius 2 is 2.32 bits per heavy atom. The maximum Gasteiger partial charge on any atom is 0.220 e. The quantitative estimate of drug-likeness (QED) is 0.852. The van der Waals surface area contributed by atoms with Crippen molar-refractivity contribution in [2.45, 2.75) is 12.8 Å². The van der Waals surface area contributed by atoms with Gasteiger partial charge in [-0.3, -0.25) is 4.79 Å². The molecule has 0 aromatic heterocycles. The first kappa shape index (κ1) is 12.3. The molecular weight excluding hydrogens is 262 g/mol. The summed E-state index contributed by atoms with van der Waals surface area (Å²) in [6.07, 6.45) is 1.64. The molecule has 0 radical (unpaired) electrons. The molecule has 4 nitrogen and oxygen atoms in total. The standard InChI is InChI=1S/C14H14ClN3O/c15-12-5-11(2-1-10(12)7-16)18-4-3-14(9-18)6-13(19)17-8-14/h1-2,5H,3-4,6,8-9H2,(H,17,19)/t14-/m0/s1. The number of nitriles is 1. The third-order valence-electron chi connectivity index (χ3n) is 4.07. The van der Waals surface area contributed by atoms with Gasteiger partial charge < -0.3 is 10.2 Å². The molecule has 19 heavy (non-hydrogen) atoms. The van der Waals surface area contributed by atoms with Gasteiger partial charge in [0.2, 0.25) is 5.91 Å². The maximum absolute atomic E-state index is 11.4. The second-order valence-electron chi connectivity index (χ2n) is 5.40. The normalized spacial score (nSPS) is 25.7. The molecule has 2 fully saturated rings. The zero-order chi connectivity index (χ0) is 13.5. The predicted molar refractivity (Wildman–Crippen MR) is 73.1 cm³/mol. The summed E-state index contributed by atoms with van der Waals surface area (Å²) in [5, 5.41) is 12.3. The van der Waals surface area contributed by atoms with Crippen LogP contribution in [0.15, 0.2) is 18.2 Å². The minimum absolute atomic E-state index is 0.0808. The van der Waals surface area contributed by atoms with Gasteiger partial charge >= 0.3 is 0 Å². The number of hydrogen-bond donors (Lipinski definition) is 1. The minimum atomic E-state index is 0.0808. The lowest BCUT2D eigenvalue weighted by molar-refractivity contribution is -0.119. The van der Waals surface area contributed by atoms with Crippen molar-refractivity contribution in [3.8, 4) is 6.07 Å². The highest BCUT2D eigenvalue weighted by Crippen LogP contribution is 2.39. The van der Waals surface area contributed by atoms with Crippen LogP contribution in [-0.4, -0.2) is 25.5 Å². The van der Waals surface area contributed by atoms with Crippen LogP contribution < -0.4 is 10.2 Å². The highest BCUT2D eigenvalue weighted by Gasteiger charge is 2.43. The first-order valence-corrected chi connectivity index (χ1v) is 6.71. The van der Waals surface area contributed by atoms with Gasteiger partial charge in [-0.15, -0.1) is 0 Å². The Hall–Kier alpha value is -1.73. The summed E-state index contributed by atoms with van der Waals surface area (Å²) in [5.41, 5.74) is 1.61. The summed E-state index contributed by atoms with van der Waals surface area (Å²) in [6.45, 7) is 2.57. The number of carbonyl (C=O) groups excluding carboxylic acids is 1. The third-order valence-corrected chi connectivity index (χ3v) is 4.39. The van der Waals surface area contributed by atoms with Gasteiger partial charge in [-0.25, -0.2) is 0 Å². The molecule has 0 bridgehead atoms. The largest absolute Gasteiger partial charge is 0.371 e. The molecule has 1 spiro atoms. The molecule has 3 rings (SSSR count). The van der Waals surface area contributed by atoms with Crippen LogP contribution in [0.2, 0.25) is 5.02 Å². The summed E-state index contributed by atoms with van der Waals surface area (Å²) in [4.78, 5) is 13.6. The molecule has 0 saturated carbocycles. The van der Waals surface area contributed by atoms with Gasteiger partial charge in [0.25, 0.3) is 0 Å². The SMILES string of the molecule is N#Cc1ccc(N2CC[C@]3(CNC(=O)C3)C2)cc1Cl. The molecule has 2 aliphatic heterocycles. The van der Waals surface area contributed by atoms with E-state index in [-0.39, 0.29) is 11.3 Å². The smallest absolute Gasteiger partial charge is 0.220 e. The highest BCUT2D eigenvalue weighted by molar-refractivity contribution is 6.32. The number of nitrogens with zero attached hydrogens (tertiary/aromatic N) is 2. The van der Waals surface area contributed by atoms with E-state index < -0.39 is 0 Å². The number of nitrogens with one attached hydrogen (secondary N) is 1. The van der Waals surface area contributed by atoms with E-state index >= 15 is 0 Å². The van der Waals surface area contributed by atoms with Crippen molar-refractivity contribution in [3.05, 3.63) is 28.8 Å². The molecule has 1 N–H and O–H groups in total. The van der Waals surface area contributed by atoms with E-state index in [4.69, 9.17) is 16.9 Å². The zero-order valence-corrected chi connectivity index (χ0v) is 11.2. The highest BCUT2D eigenvalue weighted by atomic mass is 35.5. The minimum Gasteiger partial charge on any atom is -0.371 e. The van der Waals surface area contributed by atoms with Crippen molar-refractivity contribution in [3.63, 3.8) is 0 Å². The zero-order valence-electron chi connectivity index (χ0n) is 10.4. The number of benzene rings is 1. The van der Waals surface area contributed by atoms with Crippen LogP contribution in [0.4, 0.5) is 5.69 Å². The number of rotatable bonds is 1. The Kier molecular flexibility index (Phi) is 2.87. The Bertz CT molecular complexity index is 581. The van der Waals surface area contributed by atoms with Gasteiger partial charge in [0.05, 0.1) is 10.6 Å². The molecule has 1 amide bonds. The average molecular weight is 276 g/mol. The van der Waals surface area contributed by atoms with Gasteiger partial charge in [-0.05, 0) is 24.6 Å². The molecule has 5 heteroatoms. The molecule has 1 aromatic rings. The number of hydrogen-bond acceptors (Lipinski definition) is 3. The average Bonchev–Trinajstić information content (AvgIpc) is 2.97. The number of amides is 1. The van der Waals surface area contributed by atoms with E-state index in [1.807, 2.05) is 12.1 Å². The topological polar surface area (TPSA) is 56.1 Å². The fraction of sp³-hybridized carbons (Fsp3) is 0.429. The van der Waals surface area contributed by atoms with Crippen LogP contribution >= 0.6 is 11.6 Å². The number of halogens is 1. The van der Waals surface area contributed by atoms with Crippen LogP contribution in [0.1, 0.15) is 18.4 Å². The monoisotopic (exact) mass is 275 g/mol.